The molecule has 1 heterocycles. The van der Waals surface area contributed by atoms with Gasteiger partial charge in [-0.3, -0.25) is 0 Å². The maximum atomic E-state index is 12.8. The molecule has 3 aromatic rings. The molecule has 0 amide bonds. The van der Waals surface area contributed by atoms with Gasteiger partial charge in [0.15, 0.2) is 0 Å². The Morgan fingerprint density at radius 2 is 1.65 bits per heavy atom. The molecular weight excluding hydrogens is 303 g/mol. The maximum Gasteiger partial charge on any atom is 0.416 e. The minimum atomic E-state index is -4.36. The van der Waals surface area contributed by atoms with Gasteiger partial charge in [-0.25, -0.2) is 0 Å². The highest BCUT2D eigenvalue weighted by atomic mass is 19.4. The fourth-order valence-corrected chi connectivity index (χ4v) is 2.22. The van der Waals surface area contributed by atoms with E-state index in [2.05, 4.69) is 5.32 Å². The molecule has 0 radical (unpaired) electrons. The molecule has 2 aromatic carbocycles. The molecule has 0 spiro atoms. The Morgan fingerprint density at radius 3 is 2.39 bits per heavy atom. The Balaban J connectivity index is 1.74. The Kier molecular flexibility index (Phi) is 4.10. The van der Waals surface area contributed by atoms with Crippen LogP contribution in [-0.2, 0) is 12.7 Å². The van der Waals surface area contributed by atoms with Crippen LogP contribution < -0.4 is 5.32 Å². The van der Waals surface area contributed by atoms with E-state index in [0.717, 1.165) is 17.8 Å². The number of benzene rings is 2. The summed E-state index contributed by atoms with van der Waals surface area (Å²) in [6.07, 6.45) is -4.36. The number of furan rings is 1. The Hall–Kier alpha value is -2.69. The van der Waals surface area contributed by atoms with Gasteiger partial charge in [-0.05, 0) is 36.4 Å². The largest absolute Gasteiger partial charge is 0.459 e. The molecule has 3 rings (SSSR count). The van der Waals surface area contributed by atoms with Gasteiger partial charge in [0.1, 0.15) is 11.5 Å². The van der Waals surface area contributed by atoms with Crippen molar-refractivity contribution in [3.05, 3.63) is 78.1 Å². The molecule has 1 aromatic heterocycles. The first kappa shape index (κ1) is 15.2. The zero-order chi connectivity index (χ0) is 16.3. The Labute approximate surface area is 131 Å². The van der Waals surface area contributed by atoms with Gasteiger partial charge < -0.3 is 9.73 Å². The van der Waals surface area contributed by atoms with Gasteiger partial charge in [-0.1, -0.05) is 30.3 Å². The van der Waals surface area contributed by atoms with Crippen molar-refractivity contribution in [3.8, 4) is 11.3 Å². The van der Waals surface area contributed by atoms with E-state index in [1.165, 1.54) is 6.07 Å². The maximum absolute atomic E-state index is 12.8. The molecule has 0 aliphatic rings. The molecule has 1 N–H and O–H groups in total. The summed E-state index contributed by atoms with van der Waals surface area (Å²) in [7, 11) is 0. The number of para-hydroxylation sites is 1. The van der Waals surface area contributed by atoms with E-state index in [1.807, 2.05) is 30.3 Å². The van der Waals surface area contributed by atoms with Crippen LogP contribution in [0, 0.1) is 0 Å². The van der Waals surface area contributed by atoms with E-state index in [0.29, 0.717) is 23.6 Å². The number of rotatable bonds is 4. The van der Waals surface area contributed by atoms with Gasteiger partial charge in [0.2, 0.25) is 0 Å². The number of alkyl halides is 3. The summed E-state index contributed by atoms with van der Waals surface area (Å²) in [5.41, 5.74) is 0.672. The lowest BCUT2D eigenvalue weighted by Crippen LogP contribution is -2.04. The summed E-state index contributed by atoms with van der Waals surface area (Å²) < 4.78 is 43.9. The third-order valence-electron chi connectivity index (χ3n) is 3.38. The first-order chi connectivity index (χ1) is 11.0. The van der Waals surface area contributed by atoms with Crippen molar-refractivity contribution in [2.75, 3.05) is 5.32 Å². The first-order valence-electron chi connectivity index (χ1n) is 7.08. The normalized spacial score (nSPS) is 11.4. The molecule has 0 saturated carbocycles. The van der Waals surface area contributed by atoms with Crippen molar-refractivity contribution in [3.63, 3.8) is 0 Å². The molecule has 0 aliphatic carbocycles. The topological polar surface area (TPSA) is 25.2 Å². The van der Waals surface area contributed by atoms with E-state index < -0.39 is 11.7 Å². The predicted octanol–water partition coefficient (Wildman–Crippen LogP) is 5.58. The van der Waals surface area contributed by atoms with Gasteiger partial charge in [-0.15, -0.1) is 0 Å². The van der Waals surface area contributed by atoms with Crippen LogP contribution in [0.25, 0.3) is 11.3 Å². The van der Waals surface area contributed by atoms with Gasteiger partial charge in [0.25, 0.3) is 0 Å². The summed E-state index contributed by atoms with van der Waals surface area (Å²) in [5.74, 6) is 1.07. The summed E-state index contributed by atoms with van der Waals surface area (Å²) in [4.78, 5) is 0. The van der Waals surface area contributed by atoms with Gasteiger partial charge in [-0.2, -0.15) is 13.2 Å². The van der Waals surface area contributed by atoms with Crippen molar-refractivity contribution < 1.29 is 17.6 Å². The Morgan fingerprint density at radius 1 is 0.870 bits per heavy atom. The van der Waals surface area contributed by atoms with Crippen molar-refractivity contribution >= 4 is 5.69 Å². The molecule has 2 nitrogen and oxygen atoms in total. The van der Waals surface area contributed by atoms with E-state index in [9.17, 15) is 13.2 Å². The van der Waals surface area contributed by atoms with E-state index >= 15 is 0 Å². The second-order valence-corrected chi connectivity index (χ2v) is 5.06. The highest BCUT2D eigenvalue weighted by Crippen LogP contribution is 2.32. The molecule has 118 valence electrons. The third-order valence-corrected chi connectivity index (χ3v) is 3.38. The number of halogens is 3. The number of nitrogens with one attached hydrogen (secondary N) is 1. The van der Waals surface area contributed by atoms with Crippen LogP contribution in [0.5, 0.6) is 0 Å². The van der Waals surface area contributed by atoms with Gasteiger partial charge in [0, 0.05) is 11.3 Å². The van der Waals surface area contributed by atoms with Gasteiger partial charge in [0.05, 0.1) is 12.1 Å². The number of hydrogen-bond acceptors (Lipinski definition) is 2. The lowest BCUT2D eigenvalue weighted by Gasteiger charge is -2.07. The predicted molar refractivity (Wildman–Crippen MR) is 82.9 cm³/mol. The van der Waals surface area contributed by atoms with Crippen LogP contribution in [-0.4, -0.2) is 0 Å². The average molecular weight is 317 g/mol. The molecule has 0 saturated heterocycles. The zero-order valence-electron chi connectivity index (χ0n) is 12.1. The lowest BCUT2D eigenvalue weighted by molar-refractivity contribution is -0.137. The highest BCUT2D eigenvalue weighted by molar-refractivity contribution is 5.59. The minimum Gasteiger partial charge on any atom is -0.459 e. The van der Waals surface area contributed by atoms with Crippen LogP contribution in [0.15, 0.2) is 71.1 Å². The van der Waals surface area contributed by atoms with Crippen LogP contribution in [0.2, 0.25) is 0 Å². The standard InChI is InChI=1S/C18H14F3NO/c19-18(20,21)14-6-4-5-13(11-14)17-10-9-16(23-17)12-22-15-7-2-1-3-8-15/h1-11,22H,12H2. The summed E-state index contributed by atoms with van der Waals surface area (Å²) in [6.45, 7) is 0.461. The van der Waals surface area contributed by atoms with E-state index in [4.69, 9.17) is 4.42 Å². The first-order valence-corrected chi connectivity index (χ1v) is 7.08. The lowest BCUT2D eigenvalue weighted by atomic mass is 10.1. The minimum absolute atomic E-state index is 0.408. The van der Waals surface area contributed by atoms with Crippen LogP contribution in [0.1, 0.15) is 11.3 Å². The molecule has 0 aliphatic heterocycles. The number of anilines is 1. The average Bonchev–Trinajstić information content (AvgIpc) is 3.02. The molecule has 0 bridgehead atoms. The molecule has 5 heteroatoms. The van der Waals surface area contributed by atoms with Crippen LogP contribution in [0.4, 0.5) is 18.9 Å². The molecule has 0 fully saturated rings. The second-order valence-electron chi connectivity index (χ2n) is 5.06. The fraction of sp³-hybridized carbons (Fsp3) is 0.111. The van der Waals surface area contributed by atoms with E-state index in [-0.39, 0.29) is 0 Å². The molecule has 0 atom stereocenters. The smallest absolute Gasteiger partial charge is 0.416 e. The zero-order valence-corrected chi connectivity index (χ0v) is 12.1. The van der Waals surface area contributed by atoms with Crippen LogP contribution in [0.3, 0.4) is 0 Å². The Bertz CT molecular complexity index is 778. The van der Waals surface area contributed by atoms with Crippen molar-refractivity contribution in [1.29, 1.82) is 0 Å². The van der Waals surface area contributed by atoms with Crippen molar-refractivity contribution in [2.45, 2.75) is 12.7 Å². The monoisotopic (exact) mass is 317 g/mol. The molecule has 23 heavy (non-hydrogen) atoms. The number of hydrogen-bond donors (Lipinski definition) is 1. The SMILES string of the molecule is FC(F)(F)c1cccc(-c2ccc(CNc3ccccc3)o2)c1. The fourth-order valence-electron chi connectivity index (χ4n) is 2.22. The quantitative estimate of drug-likeness (QED) is 0.680. The molecular formula is C18H14F3NO. The van der Waals surface area contributed by atoms with Gasteiger partial charge >= 0.3 is 6.18 Å². The van der Waals surface area contributed by atoms with Crippen LogP contribution >= 0.6 is 0 Å². The summed E-state index contributed by atoms with van der Waals surface area (Å²) in [6, 6.07) is 18.2. The van der Waals surface area contributed by atoms with Crippen molar-refractivity contribution in [2.24, 2.45) is 0 Å². The third kappa shape index (κ3) is 3.74. The highest BCUT2D eigenvalue weighted by Gasteiger charge is 2.30. The second kappa shape index (κ2) is 6.20. The van der Waals surface area contributed by atoms with E-state index in [1.54, 1.807) is 18.2 Å². The van der Waals surface area contributed by atoms with Crippen molar-refractivity contribution in [1.82, 2.24) is 0 Å². The summed E-state index contributed by atoms with van der Waals surface area (Å²) >= 11 is 0. The summed E-state index contributed by atoms with van der Waals surface area (Å²) in [5, 5.41) is 3.19. The molecule has 0 unspecified atom stereocenters.